The van der Waals surface area contributed by atoms with Crippen LogP contribution in [-0.4, -0.2) is 18.9 Å². The average molecular weight is 273 g/mol. The molecular weight excluding hydrogens is 263 g/mol. The van der Waals surface area contributed by atoms with Gasteiger partial charge < -0.3 is 4.74 Å². The molecule has 90 valence electrons. The number of ketones is 1. The molecule has 0 aromatic heterocycles. The Morgan fingerprint density at radius 3 is 2.53 bits per heavy atom. The van der Waals surface area contributed by atoms with Gasteiger partial charge in [-0.25, -0.2) is 0 Å². The lowest BCUT2D eigenvalue weighted by atomic mass is 9.63. The Labute approximate surface area is 109 Å². The van der Waals surface area contributed by atoms with Gasteiger partial charge in [0, 0.05) is 12.8 Å². The molecule has 2 rings (SSSR count). The Bertz CT molecular complexity index is 489. The Morgan fingerprint density at radius 2 is 2.00 bits per heavy atom. The van der Waals surface area contributed by atoms with E-state index in [4.69, 9.17) is 27.9 Å². The smallest absolute Gasteiger partial charge is 0.317 e. The molecule has 1 aliphatic carbocycles. The fraction of sp³-hybridized carbons (Fsp3) is 0.333. The van der Waals surface area contributed by atoms with Crippen LogP contribution in [-0.2, 0) is 19.7 Å². The molecule has 0 N–H and O–H groups in total. The molecule has 0 saturated heterocycles. The van der Waals surface area contributed by atoms with Crippen molar-refractivity contribution in [1.29, 1.82) is 0 Å². The van der Waals surface area contributed by atoms with Gasteiger partial charge in [0.25, 0.3) is 0 Å². The van der Waals surface area contributed by atoms with Crippen LogP contribution in [0.25, 0.3) is 0 Å². The molecule has 0 spiro atoms. The van der Waals surface area contributed by atoms with E-state index in [2.05, 4.69) is 0 Å². The fourth-order valence-electron chi connectivity index (χ4n) is 2.13. The lowest BCUT2D eigenvalue weighted by molar-refractivity contribution is -0.156. The Hall–Kier alpha value is -1.06. The van der Waals surface area contributed by atoms with E-state index >= 15 is 0 Å². The SMILES string of the molecule is COC(=O)C1(c2cccc(Cl)c2Cl)CC(=O)C1. The lowest BCUT2D eigenvalue weighted by Crippen LogP contribution is -2.49. The number of hydrogen-bond donors (Lipinski definition) is 0. The molecule has 1 aromatic rings. The minimum Gasteiger partial charge on any atom is -0.468 e. The molecule has 0 heterocycles. The molecule has 0 amide bonds. The van der Waals surface area contributed by atoms with Crippen molar-refractivity contribution in [2.24, 2.45) is 0 Å². The predicted octanol–water partition coefficient (Wildman–Crippen LogP) is 2.77. The molecule has 0 unspecified atom stereocenters. The van der Waals surface area contributed by atoms with Gasteiger partial charge in [0.05, 0.1) is 17.2 Å². The second kappa shape index (κ2) is 4.31. The summed E-state index contributed by atoms with van der Waals surface area (Å²) in [6.45, 7) is 0. The number of carbonyl (C=O) groups excluding carboxylic acids is 2. The summed E-state index contributed by atoms with van der Waals surface area (Å²) < 4.78 is 4.76. The highest BCUT2D eigenvalue weighted by atomic mass is 35.5. The van der Waals surface area contributed by atoms with Gasteiger partial charge in [-0.05, 0) is 11.6 Å². The van der Waals surface area contributed by atoms with Gasteiger partial charge in [0.15, 0.2) is 0 Å². The summed E-state index contributed by atoms with van der Waals surface area (Å²) in [5, 5.41) is 0.680. The van der Waals surface area contributed by atoms with E-state index in [0.29, 0.717) is 15.6 Å². The second-order valence-corrected chi connectivity index (χ2v) is 4.85. The maximum Gasteiger partial charge on any atom is 0.317 e. The minimum atomic E-state index is -0.951. The zero-order valence-corrected chi connectivity index (χ0v) is 10.6. The van der Waals surface area contributed by atoms with Crippen LogP contribution in [0.1, 0.15) is 18.4 Å². The molecule has 3 nitrogen and oxygen atoms in total. The maximum atomic E-state index is 11.8. The molecule has 1 aromatic carbocycles. The number of ether oxygens (including phenoxy) is 1. The predicted molar refractivity (Wildman–Crippen MR) is 64.4 cm³/mol. The molecular formula is C12H10Cl2O3. The van der Waals surface area contributed by atoms with Gasteiger partial charge in [-0.2, -0.15) is 0 Å². The van der Waals surface area contributed by atoms with Crippen LogP contribution in [0.4, 0.5) is 0 Å². The van der Waals surface area contributed by atoms with Crippen LogP contribution in [0, 0.1) is 0 Å². The Balaban J connectivity index is 2.51. The number of methoxy groups -OCH3 is 1. The van der Waals surface area contributed by atoms with Crippen LogP contribution < -0.4 is 0 Å². The molecule has 1 saturated carbocycles. The van der Waals surface area contributed by atoms with E-state index in [1.54, 1.807) is 18.2 Å². The lowest BCUT2D eigenvalue weighted by Gasteiger charge is -2.38. The van der Waals surface area contributed by atoms with Gasteiger partial charge in [-0.3, -0.25) is 9.59 Å². The van der Waals surface area contributed by atoms with Crippen molar-refractivity contribution in [2.75, 3.05) is 7.11 Å². The summed E-state index contributed by atoms with van der Waals surface area (Å²) in [5.74, 6) is -0.423. The first-order chi connectivity index (χ1) is 8.01. The molecule has 1 fully saturated rings. The van der Waals surface area contributed by atoms with Gasteiger partial charge >= 0.3 is 5.97 Å². The van der Waals surface area contributed by atoms with Crippen molar-refractivity contribution < 1.29 is 14.3 Å². The van der Waals surface area contributed by atoms with E-state index in [-0.39, 0.29) is 18.6 Å². The third-order valence-electron chi connectivity index (χ3n) is 3.04. The molecule has 0 bridgehead atoms. The van der Waals surface area contributed by atoms with Crippen LogP contribution in [0.5, 0.6) is 0 Å². The number of rotatable bonds is 2. The summed E-state index contributed by atoms with van der Waals surface area (Å²) >= 11 is 12.0. The molecule has 0 radical (unpaired) electrons. The molecule has 17 heavy (non-hydrogen) atoms. The first kappa shape index (κ1) is 12.4. The second-order valence-electron chi connectivity index (χ2n) is 4.07. The molecule has 5 heteroatoms. The molecule has 1 aliphatic rings. The summed E-state index contributed by atoms with van der Waals surface area (Å²) in [5.41, 5.74) is -0.383. The number of hydrogen-bond acceptors (Lipinski definition) is 3. The van der Waals surface area contributed by atoms with E-state index in [0.717, 1.165) is 0 Å². The topological polar surface area (TPSA) is 43.4 Å². The Kier molecular flexibility index (Phi) is 3.15. The van der Waals surface area contributed by atoms with Crippen molar-refractivity contribution in [2.45, 2.75) is 18.3 Å². The van der Waals surface area contributed by atoms with Gasteiger partial charge in [-0.1, -0.05) is 35.3 Å². The quantitative estimate of drug-likeness (QED) is 0.778. The van der Waals surface area contributed by atoms with Crippen molar-refractivity contribution in [3.63, 3.8) is 0 Å². The largest absolute Gasteiger partial charge is 0.468 e. The third-order valence-corrected chi connectivity index (χ3v) is 3.86. The van der Waals surface area contributed by atoms with Gasteiger partial charge in [0.1, 0.15) is 11.2 Å². The first-order valence-electron chi connectivity index (χ1n) is 5.06. The van der Waals surface area contributed by atoms with Crippen molar-refractivity contribution in [3.05, 3.63) is 33.8 Å². The number of carbonyl (C=O) groups is 2. The van der Waals surface area contributed by atoms with E-state index < -0.39 is 11.4 Å². The van der Waals surface area contributed by atoms with E-state index in [9.17, 15) is 9.59 Å². The zero-order chi connectivity index (χ0) is 12.6. The highest BCUT2D eigenvalue weighted by Gasteiger charge is 2.53. The number of Topliss-reactive ketones (excluding diaryl/α,β-unsaturated/α-hetero) is 1. The number of benzene rings is 1. The normalized spacial score (nSPS) is 17.5. The van der Waals surface area contributed by atoms with Crippen molar-refractivity contribution in [3.8, 4) is 0 Å². The third kappa shape index (κ3) is 1.83. The summed E-state index contributed by atoms with van der Waals surface area (Å²) in [7, 11) is 1.30. The van der Waals surface area contributed by atoms with Crippen molar-refractivity contribution >= 4 is 35.0 Å². The van der Waals surface area contributed by atoms with E-state index in [1.807, 2.05) is 0 Å². The van der Waals surface area contributed by atoms with Crippen LogP contribution in [0.15, 0.2) is 18.2 Å². The van der Waals surface area contributed by atoms with Crippen LogP contribution >= 0.6 is 23.2 Å². The summed E-state index contributed by atoms with van der Waals surface area (Å²) in [6.07, 6.45) is 0.249. The highest BCUT2D eigenvalue weighted by Crippen LogP contribution is 2.46. The molecule has 0 atom stereocenters. The highest BCUT2D eigenvalue weighted by molar-refractivity contribution is 6.42. The standard InChI is InChI=1S/C12H10Cl2O3/c1-17-11(16)12(5-7(15)6-12)8-3-2-4-9(13)10(8)14/h2-4H,5-6H2,1H3. The Morgan fingerprint density at radius 1 is 1.35 bits per heavy atom. The average Bonchev–Trinajstić information content (AvgIpc) is 2.27. The van der Waals surface area contributed by atoms with Gasteiger partial charge in [-0.15, -0.1) is 0 Å². The fourth-order valence-corrected chi connectivity index (χ4v) is 2.62. The maximum absolute atomic E-state index is 11.8. The number of halogens is 2. The van der Waals surface area contributed by atoms with Crippen LogP contribution in [0.3, 0.4) is 0 Å². The van der Waals surface area contributed by atoms with Crippen LogP contribution in [0.2, 0.25) is 10.0 Å². The van der Waals surface area contributed by atoms with Gasteiger partial charge in [0.2, 0.25) is 0 Å². The number of esters is 1. The summed E-state index contributed by atoms with van der Waals surface area (Å²) in [4.78, 5) is 23.1. The zero-order valence-electron chi connectivity index (χ0n) is 9.13. The monoisotopic (exact) mass is 272 g/mol. The molecule has 0 aliphatic heterocycles. The van der Waals surface area contributed by atoms with E-state index in [1.165, 1.54) is 7.11 Å². The minimum absolute atomic E-state index is 0.0199. The van der Waals surface area contributed by atoms with Crippen molar-refractivity contribution in [1.82, 2.24) is 0 Å². The summed E-state index contributed by atoms with van der Waals surface area (Å²) in [6, 6.07) is 5.05. The first-order valence-corrected chi connectivity index (χ1v) is 5.81.